The van der Waals surface area contributed by atoms with Gasteiger partial charge in [0.05, 0.1) is 28.4 Å². The number of aliphatic imine (C=N–C) groups is 1. The number of carbonyl (C=O) groups is 1. The molecule has 2 aliphatic rings. The molecule has 0 spiro atoms. The van der Waals surface area contributed by atoms with Crippen LogP contribution in [0.4, 0.5) is 10.1 Å². The van der Waals surface area contributed by atoms with Crippen molar-refractivity contribution < 1.29 is 17.6 Å². The number of thioether (sulfide) groups is 1. The second kappa shape index (κ2) is 4.84. The van der Waals surface area contributed by atoms with Crippen molar-refractivity contribution in [2.24, 2.45) is 4.99 Å². The van der Waals surface area contributed by atoms with E-state index in [4.69, 9.17) is 11.6 Å². The van der Waals surface area contributed by atoms with E-state index in [9.17, 15) is 17.6 Å². The summed E-state index contributed by atoms with van der Waals surface area (Å²) in [5, 5.41) is 0.510. The van der Waals surface area contributed by atoms with Crippen LogP contribution in [0.2, 0.25) is 5.02 Å². The Bertz CT molecular complexity index is 827. The molecule has 0 aromatic heterocycles. The summed E-state index contributed by atoms with van der Waals surface area (Å²) in [4.78, 5) is 18.7. The molecular weight excluding hydrogens is 353 g/mol. The summed E-state index contributed by atoms with van der Waals surface area (Å²) >= 11 is 7.09. The van der Waals surface area contributed by atoms with Crippen LogP contribution in [-0.2, 0) is 14.8 Å². The summed E-state index contributed by atoms with van der Waals surface area (Å²) < 4.78 is 37.8. The lowest BCUT2D eigenvalue weighted by Crippen LogP contribution is -2.48. The Kier molecular flexibility index (Phi) is 3.42. The molecular formula is C12H11ClFN3O3S2. The first-order valence-corrected chi connectivity index (χ1v) is 9.25. The van der Waals surface area contributed by atoms with Crippen molar-refractivity contribution in [1.29, 1.82) is 0 Å². The average Bonchev–Trinajstić information content (AvgIpc) is 2.87. The van der Waals surface area contributed by atoms with Crippen molar-refractivity contribution in [3.8, 4) is 0 Å². The predicted octanol–water partition coefficient (Wildman–Crippen LogP) is 1.60. The molecule has 0 saturated carbocycles. The second-order valence-corrected chi connectivity index (χ2v) is 8.37. The summed E-state index contributed by atoms with van der Waals surface area (Å²) in [5.41, 5.74) is -0.574. The van der Waals surface area contributed by atoms with Crippen LogP contribution in [0.15, 0.2) is 22.0 Å². The van der Waals surface area contributed by atoms with Crippen molar-refractivity contribution in [2.45, 2.75) is 17.4 Å². The van der Waals surface area contributed by atoms with E-state index in [1.807, 2.05) is 4.72 Å². The van der Waals surface area contributed by atoms with Crippen molar-refractivity contribution in [2.75, 3.05) is 17.7 Å². The Morgan fingerprint density at radius 3 is 2.86 bits per heavy atom. The monoisotopic (exact) mass is 363 g/mol. The van der Waals surface area contributed by atoms with E-state index in [1.54, 1.807) is 17.9 Å². The zero-order chi connectivity index (χ0) is 16.3. The van der Waals surface area contributed by atoms with Gasteiger partial charge in [-0.3, -0.25) is 9.52 Å². The van der Waals surface area contributed by atoms with Gasteiger partial charge in [0.15, 0.2) is 10.7 Å². The van der Waals surface area contributed by atoms with Gasteiger partial charge in [-0.05, 0) is 30.8 Å². The number of nitrogens with one attached hydrogen (secondary N) is 1. The minimum atomic E-state index is -3.66. The molecule has 3 rings (SSSR count). The highest BCUT2D eigenvalue weighted by molar-refractivity contribution is 8.15. The summed E-state index contributed by atoms with van der Waals surface area (Å²) in [6.45, 7) is 1.70. The summed E-state index contributed by atoms with van der Waals surface area (Å²) in [5.74, 6) is -1.22. The van der Waals surface area contributed by atoms with Crippen molar-refractivity contribution in [3.63, 3.8) is 0 Å². The predicted molar refractivity (Wildman–Crippen MR) is 83.4 cm³/mol. The molecule has 0 saturated heterocycles. The molecule has 1 unspecified atom stereocenters. The normalized spacial score (nSPS) is 23.1. The zero-order valence-electron chi connectivity index (χ0n) is 11.6. The molecule has 0 radical (unpaired) electrons. The van der Waals surface area contributed by atoms with Crippen LogP contribution in [0.1, 0.15) is 6.92 Å². The van der Waals surface area contributed by atoms with E-state index >= 15 is 0 Å². The average molecular weight is 364 g/mol. The molecule has 1 amide bonds. The maximum absolute atomic E-state index is 13.5. The van der Waals surface area contributed by atoms with Gasteiger partial charge in [0.25, 0.3) is 5.91 Å². The number of carbonyl (C=O) groups excluding carboxylic acids is 1. The number of sulfonamides is 1. The van der Waals surface area contributed by atoms with E-state index in [0.717, 1.165) is 18.0 Å². The van der Waals surface area contributed by atoms with Gasteiger partial charge in [-0.1, -0.05) is 11.6 Å². The highest BCUT2D eigenvalue weighted by Crippen LogP contribution is 2.48. The summed E-state index contributed by atoms with van der Waals surface area (Å²) in [7, 11) is -3.66. The Hall–Kier alpha value is -1.32. The third-order valence-corrected chi connectivity index (χ3v) is 5.47. The number of hydrogen-bond acceptors (Lipinski definition) is 6. The van der Waals surface area contributed by atoms with Crippen LogP contribution in [0.5, 0.6) is 0 Å². The maximum atomic E-state index is 13.5. The van der Waals surface area contributed by atoms with E-state index in [0.29, 0.717) is 15.8 Å². The maximum Gasteiger partial charge on any atom is 0.263 e. The third kappa shape index (κ3) is 2.46. The van der Waals surface area contributed by atoms with Gasteiger partial charge < -0.3 is 4.90 Å². The summed E-state index contributed by atoms with van der Waals surface area (Å²) in [6, 6.07) is 2.81. The number of fused-ring (bicyclic) bond motifs is 3. The first kappa shape index (κ1) is 15.6. The van der Waals surface area contributed by atoms with Crippen molar-refractivity contribution >= 4 is 50.1 Å². The van der Waals surface area contributed by atoms with Crippen LogP contribution in [0.3, 0.4) is 0 Å². The van der Waals surface area contributed by atoms with Crippen LogP contribution in [0.25, 0.3) is 0 Å². The molecule has 1 aromatic carbocycles. The SMILES string of the molecule is CC1(C(=O)NS(C)(=O)=O)CN2C(=N1)Sc1c2ccc(F)c1Cl. The van der Waals surface area contributed by atoms with Crippen LogP contribution in [-0.4, -0.2) is 37.8 Å². The molecule has 1 atom stereocenters. The number of anilines is 1. The fourth-order valence-corrected chi connectivity index (χ4v) is 4.28. The largest absolute Gasteiger partial charge is 0.317 e. The third-order valence-electron chi connectivity index (χ3n) is 3.32. The molecule has 6 nitrogen and oxygen atoms in total. The Balaban J connectivity index is 1.93. The molecule has 118 valence electrons. The van der Waals surface area contributed by atoms with Crippen LogP contribution in [0, 0.1) is 5.82 Å². The Labute approximate surface area is 135 Å². The lowest BCUT2D eigenvalue weighted by Gasteiger charge is -2.22. The molecule has 2 heterocycles. The fraction of sp³-hybridized carbons (Fsp3) is 0.333. The summed E-state index contributed by atoms with van der Waals surface area (Å²) in [6.07, 6.45) is 0.907. The van der Waals surface area contributed by atoms with E-state index in [-0.39, 0.29) is 11.6 Å². The van der Waals surface area contributed by atoms with Gasteiger partial charge >= 0.3 is 0 Å². The van der Waals surface area contributed by atoms with E-state index < -0.39 is 27.3 Å². The van der Waals surface area contributed by atoms with Crippen molar-refractivity contribution in [1.82, 2.24) is 4.72 Å². The minimum absolute atomic E-state index is 0.0156. The Morgan fingerprint density at radius 1 is 1.55 bits per heavy atom. The van der Waals surface area contributed by atoms with Gasteiger partial charge in [0.2, 0.25) is 10.0 Å². The van der Waals surface area contributed by atoms with Gasteiger partial charge in [-0.25, -0.2) is 17.8 Å². The first-order chi connectivity index (χ1) is 10.1. The van der Waals surface area contributed by atoms with Crippen LogP contribution >= 0.6 is 23.4 Å². The number of rotatable bonds is 2. The van der Waals surface area contributed by atoms with Gasteiger partial charge in [-0.2, -0.15) is 0 Å². The molecule has 2 aliphatic heterocycles. The highest BCUT2D eigenvalue weighted by atomic mass is 35.5. The van der Waals surface area contributed by atoms with Gasteiger partial charge in [0, 0.05) is 0 Å². The fourth-order valence-electron chi connectivity index (χ4n) is 2.27. The zero-order valence-corrected chi connectivity index (χ0v) is 13.9. The first-order valence-electron chi connectivity index (χ1n) is 6.16. The molecule has 0 fully saturated rings. The molecule has 1 N–H and O–H groups in total. The number of benzene rings is 1. The topological polar surface area (TPSA) is 78.8 Å². The smallest absolute Gasteiger partial charge is 0.263 e. The number of amides is 1. The number of halogens is 2. The Morgan fingerprint density at radius 2 is 2.23 bits per heavy atom. The van der Waals surface area contributed by atoms with Gasteiger partial charge in [-0.15, -0.1) is 0 Å². The van der Waals surface area contributed by atoms with Crippen LogP contribution < -0.4 is 9.62 Å². The van der Waals surface area contributed by atoms with Crippen molar-refractivity contribution in [3.05, 3.63) is 23.0 Å². The molecule has 1 aromatic rings. The minimum Gasteiger partial charge on any atom is -0.317 e. The lowest BCUT2D eigenvalue weighted by molar-refractivity contribution is -0.123. The number of hydrogen-bond donors (Lipinski definition) is 1. The van der Waals surface area contributed by atoms with E-state index in [2.05, 4.69) is 4.99 Å². The quantitative estimate of drug-likeness (QED) is 0.863. The van der Waals surface area contributed by atoms with E-state index in [1.165, 1.54) is 6.07 Å². The molecule has 0 aliphatic carbocycles. The molecule has 0 bridgehead atoms. The van der Waals surface area contributed by atoms with Gasteiger partial charge in [0.1, 0.15) is 5.82 Å². The second-order valence-electron chi connectivity index (χ2n) is 5.27. The molecule has 22 heavy (non-hydrogen) atoms. The number of amidine groups is 1. The standard InChI is InChI=1S/C12H11ClFN3O3S2/c1-12(10(18)16-22(2,19)20)5-17-7-4-3-6(14)8(13)9(7)21-11(17)15-12/h3-4H,5H2,1-2H3,(H,16,18). The molecule has 10 heteroatoms. The lowest BCUT2D eigenvalue weighted by atomic mass is 10.0. The number of nitrogens with zero attached hydrogens (tertiary/aromatic N) is 2. The highest BCUT2D eigenvalue weighted by Gasteiger charge is 2.46.